The number of nitrogen functional groups attached to an aromatic ring is 1. The molecule has 2 N–H and O–H groups in total. The van der Waals surface area contributed by atoms with Gasteiger partial charge in [-0.1, -0.05) is 0 Å². The molecular formula is C15H17N3O2S. The summed E-state index contributed by atoms with van der Waals surface area (Å²) in [5.41, 5.74) is 8.24. The highest BCUT2D eigenvalue weighted by Gasteiger charge is 2.22. The van der Waals surface area contributed by atoms with Gasteiger partial charge in [0.15, 0.2) is 5.82 Å². The summed E-state index contributed by atoms with van der Waals surface area (Å²) in [7, 11) is 0. The second-order valence-corrected chi connectivity index (χ2v) is 5.86. The van der Waals surface area contributed by atoms with Crippen LogP contribution in [0.3, 0.4) is 0 Å². The maximum atomic E-state index is 11.9. The SMILES string of the molecule is CCOC(=O)c1ccnc(N2CCc3sccc3C2)c1N. The third-order valence-corrected chi connectivity index (χ3v) is 4.59. The predicted octanol–water partition coefficient (Wildman–Crippen LogP) is 2.46. The van der Waals surface area contributed by atoms with Gasteiger partial charge in [-0.2, -0.15) is 0 Å². The highest BCUT2D eigenvalue weighted by atomic mass is 32.1. The molecule has 2 aromatic heterocycles. The summed E-state index contributed by atoms with van der Waals surface area (Å²) in [6, 6.07) is 3.74. The zero-order valence-electron chi connectivity index (χ0n) is 11.8. The van der Waals surface area contributed by atoms with Crippen LogP contribution in [0.5, 0.6) is 0 Å². The zero-order valence-corrected chi connectivity index (χ0v) is 12.7. The first kappa shape index (κ1) is 13.9. The Hall–Kier alpha value is -2.08. The molecule has 21 heavy (non-hydrogen) atoms. The van der Waals surface area contributed by atoms with E-state index in [0.29, 0.717) is 23.7 Å². The minimum absolute atomic E-state index is 0.331. The molecule has 0 radical (unpaired) electrons. The minimum Gasteiger partial charge on any atom is -0.462 e. The molecule has 2 aromatic rings. The molecule has 0 aliphatic carbocycles. The van der Waals surface area contributed by atoms with Gasteiger partial charge < -0.3 is 15.4 Å². The van der Waals surface area contributed by atoms with E-state index in [9.17, 15) is 4.79 Å². The van der Waals surface area contributed by atoms with Crippen LogP contribution in [0, 0.1) is 0 Å². The lowest BCUT2D eigenvalue weighted by Gasteiger charge is -2.29. The molecule has 110 valence electrons. The van der Waals surface area contributed by atoms with Crippen LogP contribution in [0.25, 0.3) is 0 Å². The van der Waals surface area contributed by atoms with Crippen LogP contribution in [0.1, 0.15) is 27.7 Å². The smallest absolute Gasteiger partial charge is 0.340 e. The lowest BCUT2D eigenvalue weighted by molar-refractivity contribution is 0.0527. The van der Waals surface area contributed by atoms with Crippen LogP contribution < -0.4 is 10.6 Å². The molecule has 0 amide bonds. The standard InChI is InChI=1S/C15H17N3O2S/c1-2-20-15(19)11-3-6-17-14(13(11)16)18-7-4-12-10(9-18)5-8-21-12/h3,5-6,8H,2,4,7,9,16H2,1H3. The number of carbonyl (C=O) groups is 1. The van der Waals surface area contributed by atoms with Crippen molar-refractivity contribution in [1.82, 2.24) is 4.98 Å². The van der Waals surface area contributed by atoms with Gasteiger partial charge in [0.2, 0.25) is 0 Å². The van der Waals surface area contributed by atoms with Crippen molar-refractivity contribution in [1.29, 1.82) is 0 Å². The maximum Gasteiger partial charge on any atom is 0.340 e. The second-order valence-electron chi connectivity index (χ2n) is 4.86. The van der Waals surface area contributed by atoms with Crippen molar-refractivity contribution < 1.29 is 9.53 Å². The van der Waals surface area contributed by atoms with Gasteiger partial charge in [0, 0.05) is 24.2 Å². The maximum absolute atomic E-state index is 11.9. The molecule has 0 bridgehead atoms. The largest absolute Gasteiger partial charge is 0.462 e. The van der Waals surface area contributed by atoms with Crippen LogP contribution in [0.4, 0.5) is 11.5 Å². The number of anilines is 2. The summed E-state index contributed by atoms with van der Waals surface area (Å²) in [6.45, 7) is 3.75. The third-order valence-electron chi connectivity index (χ3n) is 3.57. The number of hydrogen-bond acceptors (Lipinski definition) is 6. The number of nitrogens with two attached hydrogens (primary N) is 1. The predicted molar refractivity (Wildman–Crippen MR) is 83.7 cm³/mol. The van der Waals surface area contributed by atoms with Gasteiger partial charge in [0.1, 0.15) is 0 Å². The van der Waals surface area contributed by atoms with Crippen LogP contribution in [-0.2, 0) is 17.7 Å². The number of fused-ring (bicyclic) bond motifs is 1. The van der Waals surface area contributed by atoms with Gasteiger partial charge in [-0.25, -0.2) is 9.78 Å². The Bertz CT molecular complexity index is 669. The number of pyridine rings is 1. The quantitative estimate of drug-likeness (QED) is 0.882. The monoisotopic (exact) mass is 303 g/mol. The molecule has 0 fully saturated rings. The number of rotatable bonds is 3. The van der Waals surface area contributed by atoms with Crippen LogP contribution in [0.2, 0.25) is 0 Å². The summed E-state index contributed by atoms with van der Waals surface area (Å²) in [6.07, 6.45) is 2.60. The molecule has 1 aliphatic rings. The molecule has 0 aromatic carbocycles. The van der Waals surface area contributed by atoms with Gasteiger partial charge in [-0.05, 0) is 36.4 Å². The fraction of sp³-hybridized carbons (Fsp3) is 0.333. The molecule has 5 nitrogen and oxygen atoms in total. The van der Waals surface area contributed by atoms with Crippen LogP contribution in [-0.4, -0.2) is 24.1 Å². The number of nitrogens with zero attached hydrogens (tertiary/aromatic N) is 2. The van der Waals surface area contributed by atoms with E-state index < -0.39 is 5.97 Å². The van der Waals surface area contributed by atoms with E-state index in [4.69, 9.17) is 10.5 Å². The summed E-state index contributed by atoms with van der Waals surface area (Å²) < 4.78 is 5.03. The molecule has 0 saturated heterocycles. The third kappa shape index (κ3) is 2.58. The Morgan fingerprint density at radius 3 is 3.19 bits per heavy atom. The van der Waals surface area contributed by atoms with E-state index >= 15 is 0 Å². The van der Waals surface area contributed by atoms with Gasteiger partial charge in [-0.3, -0.25) is 0 Å². The van der Waals surface area contributed by atoms with Gasteiger partial charge in [-0.15, -0.1) is 11.3 Å². The fourth-order valence-electron chi connectivity index (χ4n) is 2.53. The lowest BCUT2D eigenvalue weighted by atomic mass is 10.1. The topological polar surface area (TPSA) is 68.5 Å². The minimum atomic E-state index is -0.396. The lowest BCUT2D eigenvalue weighted by Crippen LogP contribution is -2.31. The van der Waals surface area contributed by atoms with Gasteiger partial charge in [0.05, 0.1) is 17.9 Å². The van der Waals surface area contributed by atoms with Crippen molar-refractivity contribution in [3.05, 3.63) is 39.7 Å². The molecular weight excluding hydrogens is 286 g/mol. The average molecular weight is 303 g/mol. The molecule has 6 heteroatoms. The Kier molecular flexibility index (Phi) is 3.79. The zero-order chi connectivity index (χ0) is 14.8. The average Bonchev–Trinajstić information content (AvgIpc) is 2.95. The van der Waals surface area contributed by atoms with Crippen molar-refractivity contribution in [2.45, 2.75) is 19.9 Å². The highest BCUT2D eigenvalue weighted by molar-refractivity contribution is 7.10. The number of ether oxygens (including phenoxy) is 1. The van der Waals surface area contributed by atoms with E-state index in [-0.39, 0.29) is 0 Å². The number of thiophene rings is 1. The second kappa shape index (κ2) is 5.73. The van der Waals surface area contributed by atoms with Crippen molar-refractivity contribution in [2.24, 2.45) is 0 Å². The highest BCUT2D eigenvalue weighted by Crippen LogP contribution is 2.31. The summed E-state index contributed by atoms with van der Waals surface area (Å²) in [5.74, 6) is 0.268. The first-order valence-electron chi connectivity index (χ1n) is 6.92. The summed E-state index contributed by atoms with van der Waals surface area (Å²) in [4.78, 5) is 19.8. The van der Waals surface area contributed by atoms with E-state index in [0.717, 1.165) is 19.5 Å². The molecule has 0 unspecified atom stereocenters. The van der Waals surface area contributed by atoms with Crippen molar-refractivity contribution in [3.63, 3.8) is 0 Å². The Morgan fingerprint density at radius 2 is 2.38 bits per heavy atom. The number of carbonyl (C=O) groups excluding carboxylic acids is 1. The Labute approximate surface area is 127 Å². The Balaban J connectivity index is 1.90. The van der Waals surface area contributed by atoms with Crippen LogP contribution in [0.15, 0.2) is 23.7 Å². The van der Waals surface area contributed by atoms with E-state index in [1.54, 1.807) is 30.5 Å². The molecule has 1 aliphatic heterocycles. The molecule has 3 rings (SSSR count). The van der Waals surface area contributed by atoms with Crippen molar-refractivity contribution >= 4 is 28.8 Å². The number of esters is 1. The molecule has 3 heterocycles. The van der Waals surface area contributed by atoms with Crippen molar-refractivity contribution in [2.75, 3.05) is 23.8 Å². The molecule has 0 saturated carbocycles. The van der Waals surface area contributed by atoms with Gasteiger partial charge >= 0.3 is 5.97 Å². The number of hydrogen-bond donors (Lipinski definition) is 1. The van der Waals surface area contributed by atoms with E-state index in [1.807, 2.05) is 0 Å². The summed E-state index contributed by atoms with van der Waals surface area (Å²) in [5, 5.41) is 2.11. The normalized spacial score (nSPS) is 13.9. The van der Waals surface area contributed by atoms with E-state index in [2.05, 4.69) is 21.3 Å². The van der Waals surface area contributed by atoms with Crippen LogP contribution >= 0.6 is 11.3 Å². The number of aromatic nitrogens is 1. The van der Waals surface area contributed by atoms with E-state index in [1.165, 1.54) is 10.4 Å². The fourth-order valence-corrected chi connectivity index (χ4v) is 3.42. The summed E-state index contributed by atoms with van der Waals surface area (Å²) >= 11 is 1.79. The van der Waals surface area contributed by atoms with Crippen molar-refractivity contribution in [3.8, 4) is 0 Å². The molecule has 0 atom stereocenters. The Morgan fingerprint density at radius 1 is 1.52 bits per heavy atom. The molecule has 0 spiro atoms. The first-order chi connectivity index (χ1) is 10.2. The van der Waals surface area contributed by atoms with Gasteiger partial charge in [0.25, 0.3) is 0 Å². The first-order valence-corrected chi connectivity index (χ1v) is 7.80.